The van der Waals surface area contributed by atoms with Crippen LogP contribution in [0.1, 0.15) is 5.56 Å². The fraction of sp³-hybridized carbons (Fsp3) is 0.143. The van der Waals surface area contributed by atoms with Gasteiger partial charge in [-0.15, -0.1) is 0 Å². The normalized spacial score (nSPS) is 10.2. The number of ether oxygens (including phenoxy) is 1. The molecule has 2 aromatic carbocycles. The van der Waals surface area contributed by atoms with Crippen LogP contribution in [0.25, 0.3) is 0 Å². The highest BCUT2D eigenvalue weighted by Crippen LogP contribution is 2.30. The smallest absolute Gasteiger partial charge is 0.269 e. The van der Waals surface area contributed by atoms with Gasteiger partial charge < -0.3 is 10.1 Å². The highest BCUT2D eigenvalue weighted by atomic mass is 79.9. The van der Waals surface area contributed by atoms with E-state index in [9.17, 15) is 10.1 Å². The maximum atomic E-state index is 10.8. The number of nitrogens with zero attached hydrogens (tertiary/aromatic N) is 1. The molecule has 0 amide bonds. The van der Waals surface area contributed by atoms with Crippen molar-refractivity contribution >= 4 is 38.9 Å². The Hall–Kier alpha value is -1.79. The summed E-state index contributed by atoms with van der Waals surface area (Å²) in [7, 11) is 1.75. The van der Waals surface area contributed by atoms with Crippen LogP contribution in [0.2, 0.25) is 5.02 Å². The molecule has 0 radical (unpaired) electrons. The van der Waals surface area contributed by atoms with Crippen molar-refractivity contribution in [1.82, 2.24) is 0 Å². The van der Waals surface area contributed by atoms with Crippen LogP contribution in [-0.4, -0.2) is 12.0 Å². The van der Waals surface area contributed by atoms with Gasteiger partial charge in [0, 0.05) is 34.9 Å². The zero-order valence-corrected chi connectivity index (χ0v) is 13.4. The zero-order valence-electron chi connectivity index (χ0n) is 11.1. The Balaban J connectivity index is 2.24. The first-order valence-electron chi connectivity index (χ1n) is 6.04. The van der Waals surface area contributed by atoms with Gasteiger partial charge in [0.15, 0.2) is 0 Å². The predicted octanol–water partition coefficient (Wildman–Crippen LogP) is 4.63. The number of hydrogen-bond donors (Lipinski definition) is 1. The first-order valence-corrected chi connectivity index (χ1v) is 7.21. The van der Waals surface area contributed by atoms with Crippen molar-refractivity contribution in [1.29, 1.82) is 0 Å². The third kappa shape index (κ3) is 3.86. The van der Waals surface area contributed by atoms with E-state index in [0.717, 1.165) is 10.2 Å². The number of rotatable bonds is 5. The van der Waals surface area contributed by atoms with Gasteiger partial charge >= 0.3 is 0 Å². The van der Waals surface area contributed by atoms with Crippen LogP contribution >= 0.6 is 27.5 Å². The second kappa shape index (κ2) is 6.78. The Bertz CT molecular complexity index is 679. The molecule has 0 fully saturated rings. The lowest BCUT2D eigenvalue weighted by atomic mass is 10.1. The lowest BCUT2D eigenvalue weighted by Crippen LogP contribution is -2.02. The van der Waals surface area contributed by atoms with Gasteiger partial charge in [-0.25, -0.2) is 0 Å². The summed E-state index contributed by atoms with van der Waals surface area (Å²) < 4.78 is 6.50. The number of nitrogens with one attached hydrogen (secondary N) is 1. The van der Waals surface area contributed by atoms with Crippen molar-refractivity contribution in [3.63, 3.8) is 0 Å². The predicted molar refractivity (Wildman–Crippen MR) is 86.1 cm³/mol. The summed E-state index contributed by atoms with van der Waals surface area (Å²) in [5, 5.41) is 14.3. The van der Waals surface area contributed by atoms with Crippen molar-refractivity contribution in [3.05, 3.63) is 61.6 Å². The number of halogens is 2. The maximum Gasteiger partial charge on any atom is 0.269 e. The van der Waals surface area contributed by atoms with E-state index in [1.165, 1.54) is 12.1 Å². The number of nitro groups is 1. The van der Waals surface area contributed by atoms with Crippen LogP contribution < -0.4 is 10.1 Å². The molecule has 5 nitrogen and oxygen atoms in total. The molecule has 0 aromatic heterocycles. The molecule has 2 aromatic rings. The standard InChI is InChI=1S/C14H12BrClN2O3/c1-17-13-5-3-11(18(19)20)6-9(13)8-21-14-7-10(15)2-4-12(14)16/h2-7,17H,8H2,1H3. The Labute approximate surface area is 135 Å². The summed E-state index contributed by atoms with van der Waals surface area (Å²) in [6.07, 6.45) is 0. The minimum absolute atomic E-state index is 0.0212. The van der Waals surface area contributed by atoms with Gasteiger partial charge in [-0.3, -0.25) is 10.1 Å². The largest absolute Gasteiger partial charge is 0.487 e. The molecule has 2 rings (SSSR count). The molecule has 110 valence electrons. The lowest BCUT2D eigenvalue weighted by Gasteiger charge is -2.12. The van der Waals surface area contributed by atoms with E-state index in [1.807, 2.05) is 6.07 Å². The molecule has 0 aliphatic rings. The van der Waals surface area contributed by atoms with Crippen LogP contribution in [0.15, 0.2) is 40.9 Å². The van der Waals surface area contributed by atoms with Crippen LogP contribution in [0.5, 0.6) is 5.75 Å². The van der Waals surface area contributed by atoms with Gasteiger partial charge in [0.1, 0.15) is 12.4 Å². The first kappa shape index (κ1) is 15.6. The Morgan fingerprint density at radius 3 is 2.76 bits per heavy atom. The van der Waals surface area contributed by atoms with Crippen LogP contribution in [0, 0.1) is 10.1 Å². The molecule has 1 N–H and O–H groups in total. The zero-order chi connectivity index (χ0) is 15.4. The van der Waals surface area contributed by atoms with E-state index in [-0.39, 0.29) is 12.3 Å². The van der Waals surface area contributed by atoms with E-state index >= 15 is 0 Å². The number of non-ortho nitro benzene ring substituents is 1. The summed E-state index contributed by atoms with van der Waals surface area (Å²) in [6, 6.07) is 9.85. The van der Waals surface area contributed by atoms with Gasteiger partial charge in [-0.2, -0.15) is 0 Å². The maximum absolute atomic E-state index is 10.8. The van der Waals surface area contributed by atoms with Crippen molar-refractivity contribution in [3.8, 4) is 5.75 Å². The highest BCUT2D eigenvalue weighted by molar-refractivity contribution is 9.10. The molecule has 0 saturated heterocycles. The summed E-state index contributed by atoms with van der Waals surface area (Å²) in [5.74, 6) is 0.514. The highest BCUT2D eigenvalue weighted by Gasteiger charge is 2.11. The molecule has 0 heterocycles. The van der Waals surface area contributed by atoms with Crippen LogP contribution in [-0.2, 0) is 6.61 Å². The second-order valence-corrected chi connectivity index (χ2v) is 5.53. The Kier molecular flexibility index (Phi) is 5.03. The lowest BCUT2D eigenvalue weighted by molar-refractivity contribution is -0.384. The van der Waals surface area contributed by atoms with Crippen molar-refractivity contribution in [2.45, 2.75) is 6.61 Å². The fourth-order valence-corrected chi connectivity index (χ4v) is 2.31. The molecule has 7 heteroatoms. The minimum Gasteiger partial charge on any atom is -0.487 e. The number of benzene rings is 2. The van der Waals surface area contributed by atoms with Gasteiger partial charge in [0.2, 0.25) is 0 Å². The monoisotopic (exact) mass is 370 g/mol. The van der Waals surface area contributed by atoms with E-state index in [2.05, 4.69) is 21.2 Å². The Morgan fingerprint density at radius 1 is 1.33 bits per heavy atom. The third-order valence-electron chi connectivity index (χ3n) is 2.85. The van der Waals surface area contributed by atoms with Crippen LogP contribution in [0.3, 0.4) is 0 Å². The van der Waals surface area contributed by atoms with Gasteiger partial charge in [0.05, 0.1) is 9.95 Å². The van der Waals surface area contributed by atoms with Gasteiger partial charge in [-0.05, 0) is 24.3 Å². The van der Waals surface area contributed by atoms with Crippen molar-refractivity contribution < 1.29 is 9.66 Å². The SMILES string of the molecule is CNc1ccc([N+](=O)[O-])cc1COc1cc(Br)ccc1Cl. The molecule has 0 aliphatic carbocycles. The topological polar surface area (TPSA) is 64.4 Å². The summed E-state index contributed by atoms with van der Waals surface area (Å²) >= 11 is 9.39. The molecular formula is C14H12BrClN2O3. The Morgan fingerprint density at radius 2 is 2.10 bits per heavy atom. The third-order valence-corrected chi connectivity index (χ3v) is 3.65. The average Bonchev–Trinajstić information content (AvgIpc) is 2.47. The van der Waals surface area contributed by atoms with Gasteiger partial charge in [0.25, 0.3) is 5.69 Å². The quantitative estimate of drug-likeness (QED) is 0.614. The summed E-state index contributed by atoms with van der Waals surface area (Å²) in [5.41, 5.74) is 1.47. The van der Waals surface area contributed by atoms with E-state index in [4.69, 9.17) is 16.3 Å². The molecule has 0 saturated carbocycles. The first-order chi connectivity index (χ1) is 10.0. The van der Waals surface area contributed by atoms with Crippen molar-refractivity contribution in [2.24, 2.45) is 0 Å². The molecule has 0 unspecified atom stereocenters. The average molecular weight is 372 g/mol. The molecule has 0 aliphatic heterocycles. The summed E-state index contributed by atoms with van der Waals surface area (Å²) in [4.78, 5) is 10.4. The second-order valence-electron chi connectivity index (χ2n) is 4.21. The summed E-state index contributed by atoms with van der Waals surface area (Å²) in [6.45, 7) is 0.175. The van der Waals surface area contributed by atoms with Crippen LogP contribution in [0.4, 0.5) is 11.4 Å². The number of nitro benzene ring substituents is 1. The minimum atomic E-state index is -0.435. The molecule has 21 heavy (non-hydrogen) atoms. The molecule has 0 atom stereocenters. The van der Waals surface area contributed by atoms with Gasteiger partial charge in [-0.1, -0.05) is 27.5 Å². The van der Waals surface area contributed by atoms with E-state index < -0.39 is 4.92 Å². The van der Waals surface area contributed by atoms with E-state index in [0.29, 0.717) is 16.3 Å². The van der Waals surface area contributed by atoms with Crippen molar-refractivity contribution in [2.75, 3.05) is 12.4 Å². The number of anilines is 1. The molecule has 0 spiro atoms. The number of hydrogen-bond acceptors (Lipinski definition) is 4. The molecule has 0 bridgehead atoms. The van der Waals surface area contributed by atoms with E-state index in [1.54, 1.807) is 25.2 Å². The molecular weight excluding hydrogens is 360 g/mol. The fourth-order valence-electron chi connectivity index (χ4n) is 1.80.